The number of carbonyl (C=O) groups is 2. The number of benzene rings is 2. The fraction of sp³-hybridized carbons (Fsp3) is 0.462. The van der Waals surface area contributed by atoms with Crippen molar-refractivity contribution in [3.63, 3.8) is 0 Å². The highest BCUT2D eigenvalue weighted by Gasteiger charge is 2.42. The number of para-hydroxylation sites is 1. The van der Waals surface area contributed by atoms with Gasteiger partial charge < -0.3 is 19.5 Å². The van der Waals surface area contributed by atoms with Gasteiger partial charge in [-0.25, -0.2) is 4.79 Å². The lowest BCUT2D eigenvalue weighted by molar-refractivity contribution is 0.0983. The molecule has 2 aromatic carbocycles. The molecule has 1 unspecified atom stereocenters. The van der Waals surface area contributed by atoms with E-state index in [9.17, 15) is 14.7 Å². The minimum absolute atomic E-state index is 0.137. The number of aromatic hydroxyl groups is 1. The number of rotatable bonds is 8. The van der Waals surface area contributed by atoms with E-state index in [1.807, 2.05) is 24.3 Å². The average Bonchev–Trinajstić information content (AvgIpc) is 3.16. The van der Waals surface area contributed by atoms with Gasteiger partial charge in [-0.2, -0.15) is 0 Å². The number of hydrogen-bond acceptors (Lipinski definition) is 7. The number of nitrogens with zero attached hydrogens (tertiary/aromatic N) is 2. The van der Waals surface area contributed by atoms with Crippen molar-refractivity contribution in [3.05, 3.63) is 47.5 Å². The molecule has 4 rings (SSSR count). The van der Waals surface area contributed by atoms with E-state index in [4.69, 9.17) is 9.47 Å². The number of ether oxygens (including phenoxy) is 2. The number of hydrogen-bond donors (Lipinski definition) is 1. The molecule has 0 saturated carbocycles. The van der Waals surface area contributed by atoms with Crippen LogP contribution >= 0.6 is 21.6 Å². The van der Waals surface area contributed by atoms with Crippen LogP contribution in [0.3, 0.4) is 0 Å². The largest absolute Gasteiger partial charge is 0.504 e. The van der Waals surface area contributed by atoms with E-state index in [1.54, 1.807) is 26.5 Å². The van der Waals surface area contributed by atoms with E-state index in [0.29, 0.717) is 17.7 Å². The highest BCUT2D eigenvalue weighted by molar-refractivity contribution is 8.77. The Labute approximate surface area is 214 Å². The third-order valence-corrected chi connectivity index (χ3v) is 9.48. The third kappa shape index (κ3) is 5.35. The molecule has 2 aliphatic heterocycles. The molecule has 0 aromatic heterocycles. The summed E-state index contributed by atoms with van der Waals surface area (Å²) in [6, 6.07) is 10.5. The van der Waals surface area contributed by atoms with Gasteiger partial charge in [-0.05, 0) is 44.4 Å². The summed E-state index contributed by atoms with van der Waals surface area (Å²) in [5, 5.41) is 10.5. The second kappa shape index (κ2) is 10.6. The van der Waals surface area contributed by atoms with E-state index < -0.39 is 6.09 Å². The summed E-state index contributed by atoms with van der Waals surface area (Å²) < 4.78 is 10.8. The maximum atomic E-state index is 13.7. The summed E-state index contributed by atoms with van der Waals surface area (Å²) in [6.07, 6.45) is 2.40. The van der Waals surface area contributed by atoms with Gasteiger partial charge in [0.2, 0.25) is 0 Å². The van der Waals surface area contributed by atoms with Gasteiger partial charge in [-0.15, -0.1) is 0 Å². The first-order chi connectivity index (χ1) is 16.8. The van der Waals surface area contributed by atoms with Gasteiger partial charge >= 0.3 is 6.09 Å². The molecule has 0 saturated heterocycles. The fourth-order valence-corrected chi connectivity index (χ4v) is 6.97. The second-order valence-corrected chi connectivity index (χ2v) is 12.5. The topological polar surface area (TPSA) is 79.3 Å². The third-order valence-electron chi connectivity index (χ3n) is 6.13. The lowest BCUT2D eigenvalue weighted by atomic mass is 10.1. The zero-order valence-electron chi connectivity index (χ0n) is 20.6. The zero-order chi connectivity index (χ0) is 25.2. The highest BCUT2D eigenvalue weighted by atomic mass is 33.1. The standard InChI is InChI=1S/C26H32N2O5S2/c1-5-6-11-34-35-26(2,3)16-33-25(31)27-15-18-12-17-9-7-8-10-20(17)28(18)24(30)19-13-23(32-4)22(29)14-21(19)27/h7-10,13-14,18,29H,5-6,11-12,15-16H2,1-4H3. The molecule has 2 heterocycles. The van der Waals surface area contributed by atoms with E-state index in [-0.39, 0.29) is 41.3 Å². The average molecular weight is 517 g/mol. The van der Waals surface area contributed by atoms with Gasteiger partial charge in [0.1, 0.15) is 6.61 Å². The van der Waals surface area contributed by atoms with Crippen LogP contribution in [0.2, 0.25) is 0 Å². The maximum absolute atomic E-state index is 13.7. The van der Waals surface area contributed by atoms with Crippen LogP contribution in [0, 0.1) is 0 Å². The van der Waals surface area contributed by atoms with E-state index in [2.05, 4.69) is 20.8 Å². The second-order valence-electron chi connectivity index (χ2n) is 9.39. The number of anilines is 2. The van der Waals surface area contributed by atoms with Crippen LogP contribution in [-0.2, 0) is 11.2 Å². The van der Waals surface area contributed by atoms with Crippen molar-refractivity contribution in [3.8, 4) is 11.5 Å². The zero-order valence-corrected chi connectivity index (χ0v) is 22.2. The summed E-state index contributed by atoms with van der Waals surface area (Å²) >= 11 is 0. The summed E-state index contributed by atoms with van der Waals surface area (Å²) in [5.41, 5.74) is 2.53. The van der Waals surface area contributed by atoms with E-state index in [0.717, 1.165) is 29.8 Å². The molecule has 7 nitrogen and oxygen atoms in total. The molecular formula is C26H32N2O5S2. The number of unbranched alkanes of at least 4 members (excludes halogenated alkanes) is 1. The van der Waals surface area contributed by atoms with Crippen LogP contribution in [-0.4, -0.2) is 53.9 Å². The fourth-order valence-electron chi connectivity index (χ4n) is 4.35. The normalized spacial score (nSPS) is 16.9. The molecule has 9 heteroatoms. The number of carbonyl (C=O) groups excluding carboxylic acids is 2. The Kier molecular flexibility index (Phi) is 7.76. The van der Waals surface area contributed by atoms with E-state index >= 15 is 0 Å². The van der Waals surface area contributed by atoms with Crippen molar-refractivity contribution >= 4 is 45.0 Å². The first-order valence-electron chi connectivity index (χ1n) is 11.8. The Morgan fingerprint density at radius 1 is 1.23 bits per heavy atom. The molecule has 0 bridgehead atoms. The number of fused-ring (bicyclic) bond motifs is 4. The molecule has 0 spiro atoms. The molecule has 188 valence electrons. The molecule has 1 N–H and O–H groups in total. The van der Waals surface area contributed by atoms with Crippen LogP contribution < -0.4 is 14.5 Å². The SMILES string of the molecule is CCCCSSC(C)(C)COC(=O)N1CC2Cc3ccccc3N2C(=O)c2cc(OC)c(O)cc21. The van der Waals surface area contributed by atoms with Crippen molar-refractivity contribution in [2.45, 2.75) is 50.8 Å². The molecule has 0 fully saturated rings. The molecule has 0 radical (unpaired) electrons. The Balaban J connectivity index is 1.61. The lowest BCUT2D eigenvalue weighted by Gasteiger charge is -2.28. The van der Waals surface area contributed by atoms with E-state index in [1.165, 1.54) is 24.1 Å². The van der Waals surface area contributed by atoms with Crippen molar-refractivity contribution < 1.29 is 24.2 Å². The molecule has 2 aliphatic rings. The van der Waals surface area contributed by atoms with Crippen LogP contribution in [0.15, 0.2) is 36.4 Å². The summed E-state index contributed by atoms with van der Waals surface area (Å²) in [5.74, 6) is 0.867. The molecular weight excluding hydrogens is 484 g/mol. The number of phenols is 1. The van der Waals surface area contributed by atoms with Gasteiger partial charge in [0.05, 0.1) is 35.7 Å². The van der Waals surface area contributed by atoms with Crippen LogP contribution in [0.1, 0.15) is 49.5 Å². The summed E-state index contributed by atoms with van der Waals surface area (Å²) in [4.78, 5) is 30.4. The lowest BCUT2D eigenvalue weighted by Crippen LogP contribution is -2.44. The van der Waals surface area contributed by atoms with Gasteiger partial charge in [0.25, 0.3) is 5.91 Å². The Morgan fingerprint density at radius 3 is 2.74 bits per heavy atom. The molecule has 1 atom stereocenters. The summed E-state index contributed by atoms with van der Waals surface area (Å²) in [6.45, 7) is 6.76. The summed E-state index contributed by atoms with van der Waals surface area (Å²) in [7, 11) is 4.93. The van der Waals surface area contributed by atoms with Gasteiger partial charge in [0, 0.05) is 17.5 Å². The monoisotopic (exact) mass is 516 g/mol. The quantitative estimate of drug-likeness (QED) is 0.346. The Hall–Kier alpha value is -2.52. The predicted octanol–water partition coefficient (Wildman–Crippen LogP) is 5.89. The Bertz CT molecular complexity index is 1110. The van der Waals surface area contributed by atoms with Crippen LogP contribution in [0.5, 0.6) is 11.5 Å². The first kappa shape index (κ1) is 25.6. The number of amides is 2. The van der Waals surface area contributed by atoms with Crippen molar-refractivity contribution in [2.24, 2.45) is 0 Å². The molecule has 35 heavy (non-hydrogen) atoms. The van der Waals surface area contributed by atoms with Crippen molar-refractivity contribution in [1.82, 2.24) is 0 Å². The highest BCUT2D eigenvalue weighted by Crippen LogP contribution is 2.42. The van der Waals surface area contributed by atoms with Crippen molar-refractivity contribution in [1.29, 1.82) is 0 Å². The number of phenolic OH excluding ortho intramolecular Hbond substituents is 1. The van der Waals surface area contributed by atoms with Crippen LogP contribution in [0.25, 0.3) is 0 Å². The minimum Gasteiger partial charge on any atom is -0.504 e. The van der Waals surface area contributed by atoms with Crippen molar-refractivity contribution in [2.75, 3.05) is 35.8 Å². The predicted molar refractivity (Wildman–Crippen MR) is 143 cm³/mol. The molecule has 2 amide bonds. The first-order valence-corrected chi connectivity index (χ1v) is 14.1. The van der Waals surface area contributed by atoms with Gasteiger partial charge in [-0.1, -0.05) is 53.1 Å². The maximum Gasteiger partial charge on any atom is 0.414 e. The Morgan fingerprint density at radius 2 is 2.00 bits per heavy atom. The minimum atomic E-state index is -0.534. The smallest absolute Gasteiger partial charge is 0.414 e. The molecule has 2 aromatic rings. The van der Waals surface area contributed by atoms with Gasteiger partial charge in [0.15, 0.2) is 11.5 Å². The molecule has 0 aliphatic carbocycles. The van der Waals surface area contributed by atoms with Gasteiger partial charge in [-0.3, -0.25) is 9.69 Å². The number of methoxy groups -OCH3 is 1. The van der Waals surface area contributed by atoms with Crippen LogP contribution in [0.4, 0.5) is 16.2 Å².